The fourth-order valence-corrected chi connectivity index (χ4v) is 2.96. The Morgan fingerprint density at radius 1 is 1.13 bits per heavy atom. The fourth-order valence-electron chi connectivity index (χ4n) is 2.96. The summed E-state index contributed by atoms with van der Waals surface area (Å²) in [5, 5.41) is 0. The summed E-state index contributed by atoms with van der Waals surface area (Å²) < 4.78 is 0. The number of rotatable bonds is 4. The third kappa shape index (κ3) is 3.93. The van der Waals surface area contributed by atoms with E-state index in [1.54, 1.807) is 12.4 Å². The predicted molar refractivity (Wildman–Crippen MR) is 88.7 cm³/mol. The molecular weight excluding hydrogens is 288 g/mol. The van der Waals surface area contributed by atoms with E-state index in [0.717, 1.165) is 37.4 Å². The Bertz CT molecular complexity index is 624. The van der Waals surface area contributed by atoms with Crippen LogP contribution in [0, 0.1) is 0 Å². The van der Waals surface area contributed by atoms with E-state index in [1.807, 2.05) is 35.4 Å². The van der Waals surface area contributed by atoms with Crippen molar-refractivity contribution in [3.63, 3.8) is 0 Å². The Morgan fingerprint density at radius 2 is 1.96 bits per heavy atom. The monoisotopic (exact) mass is 310 g/mol. The second-order valence-corrected chi connectivity index (χ2v) is 5.89. The van der Waals surface area contributed by atoms with Crippen LogP contribution in [-0.4, -0.2) is 51.9 Å². The van der Waals surface area contributed by atoms with Gasteiger partial charge in [-0.3, -0.25) is 19.7 Å². The molecule has 2 aromatic heterocycles. The van der Waals surface area contributed by atoms with Crippen LogP contribution in [0.2, 0.25) is 0 Å². The molecule has 0 radical (unpaired) electrons. The highest BCUT2D eigenvalue weighted by Crippen LogP contribution is 2.19. The Morgan fingerprint density at radius 3 is 2.61 bits per heavy atom. The maximum absolute atomic E-state index is 12.4. The minimum atomic E-state index is 0.183. The standard InChI is InChI=1S/C18H22N4O/c1-15(17-6-2-3-8-20-17)21-9-11-22(12-10-21)18(23)13-16-5-4-7-19-14-16/h2-8,14-15H,9-13H2,1H3/t15-/m0/s1. The lowest BCUT2D eigenvalue weighted by Crippen LogP contribution is -2.49. The zero-order chi connectivity index (χ0) is 16.1. The zero-order valence-electron chi connectivity index (χ0n) is 13.4. The normalized spacial score (nSPS) is 17.0. The molecule has 120 valence electrons. The van der Waals surface area contributed by atoms with Gasteiger partial charge in [-0.15, -0.1) is 0 Å². The number of amides is 1. The molecule has 0 N–H and O–H groups in total. The van der Waals surface area contributed by atoms with Crippen LogP contribution in [0.5, 0.6) is 0 Å². The van der Waals surface area contributed by atoms with Gasteiger partial charge in [0, 0.05) is 50.8 Å². The summed E-state index contributed by atoms with van der Waals surface area (Å²) in [4.78, 5) is 25.2. The fraction of sp³-hybridized carbons (Fsp3) is 0.389. The van der Waals surface area contributed by atoms with Crippen LogP contribution in [0.3, 0.4) is 0 Å². The van der Waals surface area contributed by atoms with Gasteiger partial charge in [-0.25, -0.2) is 0 Å². The van der Waals surface area contributed by atoms with Crippen LogP contribution in [-0.2, 0) is 11.2 Å². The van der Waals surface area contributed by atoms with Crippen LogP contribution >= 0.6 is 0 Å². The molecule has 1 saturated heterocycles. The highest BCUT2D eigenvalue weighted by atomic mass is 16.2. The van der Waals surface area contributed by atoms with Gasteiger partial charge in [-0.1, -0.05) is 12.1 Å². The molecule has 1 aliphatic heterocycles. The molecule has 0 aromatic carbocycles. The van der Waals surface area contributed by atoms with Gasteiger partial charge in [-0.2, -0.15) is 0 Å². The molecule has 23 heavy (non-hydrogen) atoms. The van der Waals surface area contributed by atoms with Crippen molar-refractivity contribution >= 4 is 5.91 Å². The highest BCUT2D eigenvalue weighted by Gasteiger charge is 2.25. The molecular formula is C18H22N4O. The molecule has 0 saturated carbocycles. The molecule has 0 bridgehead atoms. The lowest BCUT2D eigenvalue weighted by Gasteiger charge is -2.37. The zero-order valence-corrected chi connectivity index (χ0v) is 13.4. The van der Waals surface area contributed by atoms with Gasteiger partial charge in [0.25, 0.3) is 0 Å². The lowest BCUT2D eigenvalue weighted by atomic mass is 10.1. The molecule has 1 amide bonds. The average Bonchev–Trinajstić information content (AvgIpc) is 2.63. The van der Waals surface area contributed by atoms with Crippen molar-refractivity contribution < 1.29 is 4.79 Å². The van der Waals surface area contributed by atoms with Crippen LogP contribution in [0.15, 0.2) is 48.9 Å². The summed E-state index contributed by atoms with van der Waals surface area (Å²) in [6.45, 7) is 5.50. The molecule has 1 fully saturated rings. The third-order valence-electron chi connectivity index (χ3n) is 4.41. The maximum Gasteiger partial charge on any atom is 0.227 e. The Balaban J connectivity index is 1.53. The van der Waals surface area contributed by atoms with Gasteiger partial charge in [0.05, 0.1) is 12.1 Å². The first-order valence-corrected chi connectivity index (χ1v) is 8.05. The third-order valence-corrected chi connectivity index (χ3v) is 4.41. The minimum absolute atomic E-state index is 0.183. The second kappa shape index (κ2) is 7.33. The van der Waals surface area contributed by atoms with Gasteiger partial charge < -0.3 is 4.90 Å². The summed E-state index contributed by atoms with van der Waals surface area (Å²) in [5.74, 6) is 0.183. The number of hydrogen-bond donors (Lipinski definition) is 0. The van der Waals surface area contributed by atoms with Crippen molar-refractivity contribution in [3.05, 3.63) is 60.2 Å². The number of hydrogen-bond acceptors (Lipinski definition) is 4. The van der Waals surface area contributed by atoms with Gasteiger partial charge in [-0.05, 0) is 30.7 Å². The Hall–Kier alpha value is -2.27. The molecule has 2 aromatic rings. The van der Waals surface area contributed by atoms with Crippen LogP contribution < -0.4 is 0 Å². The highest BCUT2D eigenvalue weighted by molar-refractivity contribution is 5.78. The number of carbonyl (C=O) groups excluding carboxylic acids is 1. The topological polar surface area (TPSA) is 49.3 Å². The molecule has 5 heteroatoms. The number of piperazine rings is 1. The first kappa shape index (κ1) is 15.6. The molecule has 1 aliphatic rings. The van der Waals surface area contributed by atoms with E-state index in [9.17, 15) is 4.79 Å². The number of pyridine rings is 2. The van der Waals surface area contributed by atoms with Gasteiger partial charge in [0.1, 0.15) is 0 Å². The van der Waals surface area contributed by atoms with E-state index in [2.05, 4.69) is 27.9 Å². The van der Waals surface area contributed by atoms with Gasteiger partial charge in [0.15, 0.2) is 0 Å². The number of aromatic nitrogens is 2. The minimum Gasteiger partial charge on any atom is -0.340 e. The average molecular weight is 310 g/mol. The molecule has 0 aliphatic carbocycles. The molecule has 3 heterocycles. The van der Waals surface area contributed by atoms with E-state index in [0.29, 0.717) is 6.42 Å². The van der Waals surface area contributed by atoms with E-state index in [4.69, 9.17) is 0 Å². The first-order valence-electron chi connectivity index (χ1n) is 8.05. The van der Waals surface area contributed by atoms with E-state index in [1.165, 1.54) is 0 Å². The Kier molecular flexibility index (Phi) is 4.98. The first-order chi connectivity index (χ1) is 11.2. The number of carbonyl (C=O) groups is 1. The van der Waals surface area contributed by atoms with Gasteiger partial charge >= 0.3 is 0 Å². The van der Waals surface area contributed by atoms with Crippen LogP contribution in [0.4, 0.5) is 0 Å². The molecule has 0 spiro atoms. The lowest BCUT2D eigenvalue weighted by molar-refractivity contribution is -0.132. The SMILES string of the molecule is C[C@@H](c1ccccn1)N1CCN(C(=O)Cc2cccnc2)CC1. The maximum atomic E-state index is 12.4. The van der Waals surface area contributed by atoms with Gasteiger partial charge in [0.2, 0.25) is 5.91 Å². The molecule has 1 atom stereocenters. The van der Waals surface area contributed by atoms with E-state index >= 15 is 0 Å². The Labute approximate surface area is 137 Å². The second-order valence-electron chi connectivity index (χ2n) is 5.89. The molecule has 0 unspecified atom stereocenters. The summed E-state index contributed by atoms with van der Waals surface area (Å²) in [6.07, 6.45) is 5.76. The van der Waals surface area contributed by atoms with Crippen molar-refractivity contribution in [2.75, 3.05) is 26.2 Å². The largest absolute Gasteiger partial charge is 0.340 e. The smallest absolute Gasteiger partial charge is 0.227 e. The van der Waals surface area contributed by atoms with Crippen LogP contribution in [0.1, 0.15) is 24.2 Å². The summed E-state index contributed by atoms with van der Waals surface area (Å²) in [7, 11) is 0. The van der Waals surface area contributed by atoms with Crippen molar-refractivity contribution in [1.29, 1.82) is 0 Å². The molecule has 3 rings (SSSR count). The summed E-state index contributed by atoms with van der Waals surface area (Å²) in [6, 6.07) is 10.1. The quantitative estimate of drug-likeness (QED) is 0.866. The molecule has 5 nitrogen and oxygen atoms in total. The van der Waals surface area contributed by atoms with Crippen molar-refractivity contribution in [1.82, 2.24) is 19.8 Å². The summed E-state index contributed by atoms with van der Waals surface area (Å²) >= 11 is 0. The van der Waals surface area contributed by atoms with E-state index in [-0.39, 0.29) is 11.9 Å². The van der Waals surface area contributed by atoms with Crippen molar-refractivity contribution in [3.8, 4) is 0 Å². The number of nitrogens with zero attached hydrogens (tertiary/aromatic N) is 4. The van der Waals surface area contributed by atoms with Crippen molar-refractivity contribution in [2.24, 2.45) is 0 Å². The predicted octanol–water partition coefficient (Wildman–Crippen LogP) is 1.92. The summed E-state index contributed by atoms with van der Waals surface area (Å²) in [5.41, 5.74) is 2.06. The van der Waals surface area contributed by atoms with E-state index < -0.39 is 0 Å². The van der Waals surface area contributed by atoms with Crippen LogP contribution in [0.25, 0.3) is 0 Å². The van der Waals surface area contributed by atoms with Crippen molar-refractivity contribution in [2.45, 2.75) is 19.4 Å².